The lowest BCUT2D eigenvalue weighted by molar-refractivity contribution is 0.126. The zero-order valence-corrected chi connectivity index (χ0v) is 13.8. The van der Waals surface area contributed by atoms with Gasteiger partial charge in [-0.1, -0.05) is 30.3 Å². The van der Waals surface area contributed by atoms with Gasteiger partial charge in [-0.25, -0.2) is 0 Å². The van der Waals surface area contributed by atoms with Crippen LogP contribution in [0, 0.1) is 0 Å². The fourth-order valence-electron chi connectivity index (χ4n) is 2.87. The summed E-state index contributed by atoms with van der Waals surface area (Å²) >= 11 is 3.44. The van der Waals surface area contributed by atoms with Crippen LogP contribution in [0.1, 0.15) is 24.2 Å². The maximum absolute atomic E-state index is 4.52. The van der Waals surface area contributed by atoms with E-state index < -0.39 is 0 Å². The molecule has 0 bridgehead atoms. The number of hydrogen-bond donors (Lipinski definition) is 1. The third-order valence-corrected chi connectivity index (χ3v) is 4.42. The minimum Gasteiger partial charge on any atom is -0.311 e. The second kappa shape index (κ2) is 6.69. The molecule has 1 fully saturated rings. The molecule has 110 valence electrons. The molecular weight excluding hydrogens is 326 g/mol. The van der Waals surface area contributed by atoms with Crippen molar-refractivity contribution >= 4 is 15.9 Å². The van der Waals surface area contributed by atoms with Crippen LogP contribution in [-0.4, -0.2) is 29.0 Å². The van der Waals surface area contributed by atoms with Crippen LogP contribution in [0.3, 0.4) is 0 Å². The van der Waals surface area contributed by atoms with Gasteiger partial charge in [-0.15, -0.1) is 0 Å². The number of piperazine rings is 1. The van der Waals surface area contributed by atoms with Gasteiger partial charge in [-0.05, 0) is 40.5 Å². The Kier molecular flexibility index (Phi) is 4.68. The maximum atomic E-state index is 4.52. The summed E-state index contributed by atoms with van der Waals surface area (Å²) in [4.78, 5) is 7.04. The molecule has 3 rings (SSSR count). The lowest BCUT2D eigenvalue weighted by Crippen LogP contribution is -2.50. The van der Waals surface area contributed by atoms with E-state index in [1.165, 1.54) is 5.56 Å². The van der Waals surface area contributed by atoms with Gasteiger partial charge in [-0.3, -0.25) is 9.88 Å². The monoisotopic (exact) mass is 345 g/mol. The SMILES string of the molecule is CC1CN(Cc2ccc(Br)cn2)C(c2ccccc2)CN1. The highest BCUT2D eigenvalue weighted by atomic mass is 79.9. The molecule has 0 amide bonds. The molecule has 3 nitrogen and oxygen atoms in total. The topological polar surface area (TPSA) is 28.2 Å². The molecule has 0 radical (unpaired) electrons. The van der Waals surface area contributed by atoms with E-state index in [4.69, 9.17) is 0 Å². The Labute approximate surface area is 134 Å². The average molecular weight is 346 g/mol. The van der Waals surface area contributed by atoms with Gasteiger partial charge in [0.2, 0.25) is 0 Å². The molecule has 1 aromatic heterocycles. The normalized spacial score (nSPS) is 23.1. The Morgan fingerprint density at radius 2 is 2.05 bits per heavy atom. The van der Waals surface area contributed by atoms with Crippen molar-refractivity contribution in [2.24, 2.45) is 0 Å². The van der Waals surface area contributed by atoms with Crippen LogP contribution >= 0.6 is 15.9 Å². The molecule has 21 heavy (non-hydrogen) atoms. The third-order valence-electron chi connectivity index (χ3n) is 3.95. The molecule has 2 heterocycles. The predicted molar refractivity (Wildman–Crippen MR) is 89.0 cm³/mol. The number of hydrogen-bond acceptors (Lipinski definition) is 3. The van der Waals surface area contributed by atoms with E-state index in [1.807, 2.05) is 6.20 Å². The first-order valence-electron chi connectivity index (χ1n) is 7.35. The first-order valence-corrected chi connectivity index (χ1v) is 8.14. The quantitative estimate of drug-likeness (QED) is 0.924. The van der Waals surface area contributed by atoms with Crippen molar-refractivity contribution in [2.75, 3.05) is 13.1 Å². The van der Waals surface area contributed by atoms with E-state index in [-0.39, 0.29) is 0 Å². The highest BCUT2D eigenvalue weighted by Crippen LogP contribution is 2.25. The summed E-state index contributed by atoms with van der Waals surface area (Å²) in [6.45, 7) is 5.15. The first kappa shape index (κ1) is 14.7. The summed E-state index contributed by atoms with van der Waals surface area (Å²) in [7, 11) is 0. The average Bonchev–Trinajstić information content (AvgIpc) is 2.51. The van der Waals surface area contributed by atoms with Crippen LogP contribution in [-0.2, 0) is 6.54 Å². The van der Waals surface area contributed by atoms with E-state index in [0.717, 1.165) is 29.8 Å². The summed E-state index contributed by atoms with van der Waals surface area (Å²) in [5.74, 6) is 0. The molecule has 1 N–H and O–H groups in total. The van der Waals surface area contributed by atoms with Gasteiger partial charge in [0.05, 0.1) is 5.69 Å². The zero-order valence-electron chi connectivity index (χ0n) is 12.2. The van der Waals surface area contributed by atoms with Crippen LogP contribution in [0.2, 0.25) is 0 Å². The number of rotatable bonds is 3. The highest BCUT2D eigenvalue weighted by molar-refractivity contribution is 9.10. The number of nitrogens with one attached hydrogen (secondary N) is 1. The molecule has 2 aromatic rings. The van der Waals surface area contributed by atoms with Gasteiger partial charge in [0.15, 0.2) is 0 Å². The van der Waals surface area contributed by atoms with E-state index in [2.05, 4.69) is 80.5 Å². The molecular formula is C17H20BrN3. The van der Waals surface area contributed by atoms with Crippen LogP contribution in [0.4, 0.5) is 0 Å². The van der Waals surface area contributed by atoms with Crippen LogP contribution in [0.15, 0.2) is 53.1 Å². The van der Waals surface area contributed by atoms with Crippen molar-refractivity contribution < 1.29 is 0 Å². The molecule has 0 aliphatic carbocycles. The van der Waals surface area contributed by atoms with Gasteiger partial charge in [0.1, 0.15) is 0 Å². The van der Waals surface area contributed by atoms with Crippen molar-refractivity contribution in [3.8, 4) is 0 Å². The minimum atomic E-state index is 0.410. The fourth-order valence-corrected chi connectivity index (χ4v) is 3.11. The molecule has 2 atom stereocenters. The van der Waals surface area contributed by atoms with Crippen LogP contribution in [0.25, 0.3) is 0 Å². The Morgan fingerprint density at radius 3 is 2.76 bits per heavy atom. The van der Waals surface area contributed by atoms with Crippen molar-refractivity contribution in [3.05, 3.63) is 64.4 Å². The molecule has 0 spiro atoms. The van der Waals surface area contributed by atoms with Gasteiger partial charge >= 0.3 is 0 Å². The molecule has 1 aliphatic heterocycles. The number of benzene rings is 1. The lowest BCUT2D eigenvalue weighted by Gasteiger charge is -2.39. The number of halogens is 1. The number of pyridine rings is 1. The maximum Gasteiger partial charge on any atom is 0.0545 e. The minimum absolute atomic E-state index is 0.410. The zero-order chi connectivity index (χ0) is 14.7. The summed E-state index contributed by atoms with van der Waals surface area (Å²) in [5, 5.41) is 3.59. The lowest BCUT2D eigenvalue weighted by atomic mass is 10.0. The second-order valence-corrected chi connectivity index (χ2v) is 6.55. The summed E-state index contributed by atoms with van der Waals surface area (Å²) in [5.41, 5.74) is 2.49. The smallest absolute Gasteiger partial charge is 0.0545 e. The number of nitrogens with zero attached hydrogens (tertiary/aromatic N) is 2. The first-order chi connectivity index (χ1) is 10.2. The van der Waals surface area contributed by atoms with E-state index in [0.29, 0.717) is 12.1 Å². The third kappa shape index (κ3) is 3.70. The van der Waals surface area contributed by atoms with Crippen molar-refractivity contribution in [1.82, 2.24) is 15.2 Å². The molecule has 0 saturated carbocycles. The number of aromatic nitrogens is 1. The van der Waals surface area contributed by atoms with Gasteiger partial charge in [-0.2, -0.15) is 0 Å². The second-order valence-electron chi connectivity index (χ2n) is 5.63. The highest BCUT2D eigenvalue weighted by Gasteiger charge is 2.27. The Morgan fingerprint density at radius 1 is 1.24 bits per heavy atom. The Hall–Kier alpha value is -1.23. The van der Waals surface area contributed by atoms with Crippen LogP contribution < -0.4 is 5.32 Å². The van der Waals surface area contributed by atoms with Crippen molar-refractivity contribution in [2.45, 2.75) is 25.6 Å². The molecule has 1 saturated heterocycles. The fraction of sp³-hybridized carbons (Fsp3) is 0.353. The van der Waals surface area contributed by atoms with E-state index in [1.54, 1.807) is 0 Å². The summed E-state index contributed by atoms with van der Waals surface area (Å²) in [6, 6.07) is 15.8. The Bertz CT molecular complexity index is 570. The standard InChI is InChI=1S/C17H20BrN3/c1-13-11-21(12-16-8-7-15(18)9-20-16)17(10-19-13)14-5-3-2-4-6-14/h2-9,13,17,19H,10-12H2,1H3. The van der Waals surface area contributed by atoms with Gasteiger partial charge < -0.3 is 5.32 Å². The van der Waals surface area contributed by atoms with E-state index >= 15 is 0 Å². The Balaban J connectivity index is 1.80. The molecule has 1 aliphatic rings. The van der Waals surface area contributed by atoms with Crippen LogP contribution in [0.5, 0.6) is 0 Å². The van der Waals surface area contributed by atoms with Gasteiger partial charge in [0, 0.05) is 42.4 Å². The van der Waals surface area contributed by atoms with Crippen molar-refractivity contribution in [3.63, 3.8) is 0 Å². The van der Waals surface area contributed by atoms with Gasteiger partial charge in [0.25, 0.3) is 0 Å². The summed E-state index contributed by atoms with van der Waals surface area (Å²) < 4.78 is 1.03. The molecule has 4 heteroatoms. The van der Waals surface area contributed by atoms with E-state index in [9.17, 15) is 0 Å². The molecule has 2 unspecified atom stereocenters. The van der Waals surface area contributed by atoms with Crippen molar-refractivity contribution in [1.29, 1.82) is 0 Å². The predicted octanol–water partition coefficient (Wildman–Crippen LogP) is 3.38. The molecule has 1 aromatic carbocycles. The summed E-state index contributed by atoms with van der Waals surface area (Å²) in [6.07, 6.45) is 1.87. The largest absolute Gasteiger partial charge is 0.311 e.